The van der Waals surface area contributed by atoms with E-state index < -0.39 is 0 Å². The van der Waals surface area contributed by atoms with Gasteiger partial charge in [-0.15, -0.1) is 0 Å². The van der Waals surface area contributed by atoms with Gasteiger partial charge in [0.05, 0.1) is 6.61 Å². The van der Waals surface area contributed by atoms with Gasteiger partial charge in [-0.3, -0.25) is 4.79 Å². The molecule has 96 valence electrons. The molecule has 0 aliphatic carbocycles. The zero-order chi connectivity index (χ0) is 13.7. The van der Waals surface area contributed by atoms with Crippen molar-refractivity contribution in [3.05, 3.63) is 76.9 Å². The Balaban J connectivity index is 2.09. The van der Waals surface area contributed by atoms with Crippen LogP contribution >= 0.6 is 0 Å². The number of aryl methyl sites for hydroxylation is 1. The van der Waals surface area contributed by atoms with Crippen LogP contribution in [0.3, 0.4) is 0 Å². The maximum absolute atomic E-state index is 11.9. The minimum Gasteiger partial charge on any atom is -0.392 e. The van der Waals surface area contributed by atoms with Gasteiger partial charge in [-0.2, -0.15) is 0 Å². The van der Waals surface area contributed by atoms with E-state index in [-0.39, 0.29) is 12.4 Å². The second-order valence-electron chi connectivity index (χ2n) is 4.46. The monoisotopic (exact) mass is 252 g/mol. The van der Waals surface area contributed by atoms with Crippen molar-refractivity contribution in [2.75, 3.05) is 0 Å². The number of benzene rings is 2. The Hall–Kier alpha value is -2.19. The summed E-state index contributed by atoms with van der Waals surface area (Å²) in [6, 6.07) is 15.0. The first-order chi connectivity index (χ1) is 9.19. The van der Waals surface area contributed by atoms with E-state index in [0.29, 0.717) is 5.56 Å². The van der Waals surface area contributed by atoms with Crippen LogP contribution in [0.25, 0.3) is 6.08 Å². The topological polar surface area (TPSA) is 37.3 Å². The molecule has 0 fully saturated rings. The number of rotatable bonds is 4. The standard InChI is InChI=1S/C17H16O2/c1-13-2-4-14(5-3-13)8-11-17(19)16-9-6-15(12-18)7-10-16/h2-11,18H,12H2,1H3/b11-8+. The van der Waals surface area contributed by atoms with Gasteiger partial charge >= 0.3 is 0 Å². The predicted molar refractivity (Wildman–Crippen MR) is 76.9 cm³/mol. The average molecular weight is 252 g/mol. The zero-order valence-corrected chi connectivity index (χ0v) is 10.8. The molecule has 0 bridgehead atoms. The average Bonchev–Trinajstić information content (AvgIpc) is 2.46. The summed E-state index contributed by atoms with van der Waals surface area (Å²) in [6.07, 6.45) is 3.38. The number of hydrogen-bond donors (Lipinski definition) is 1. The van der Waals surface area contributed by atoms with Crippen molar-refractivity contribution in [1.82, 2.24) is 0 Å². The van der Waals surface area contributed by atoms with Crippen LogP contribution in [0.4, 0.5) is 0 Å². The number of aliphatic hydroxyl groups is 1. The number of carbonyl (C=O) groups excluding carboxylic acids is 1. The van der Waals surface area contributed by atoms with E-state index in [2.05, 4.69) is 0 Å². The highest BCUT2D eigenvalue weighted by Gasteiger charge is 2.01. The zero-order valence-electron chi connectivity index (χ0n) is 10.8. The van der Waals surface area contributed by atoms with Crippen molar-refractivity contribution in [3.63, 3.8) is 0 Å². The lowest BCUT2D eigenvalue weighted by Gasteiger charge is -1.99. The van der Waals surface area contributed by atoms with E-state index >= 15 is 0 Å². The van der Waals surface area contributed by atoms with E-state index in [4.69, 9.17) is 5.11 Å². The van der Waals surface area contributed by atoms with Crippen molar-refractivity contribution >= 4 is 11.9 Å². The fourth-order valence-electron chi connectivity index (χ4n) is 1.72. The fourth-order valence-corrected chi connectivity index (χ4v) is 1.72. The molecule has 0 radical (unpaired) electrons. The Morgan fingerprint density at radius 1 is 1.05 bits per heavy atom. The Morgan fingerprint density at radius 3 is 2.26 bits per heavy atom. The maximum Gasteiger partial charge on any atom is 0.185 e. The summed E-state index contributed by atoms with van der Waals surface area (Å²) >= 11 is 0. The number of aliphatic hydroxyl groups excluding tert-OH is 1. The number of carbonyl (C=O) groups is 1. The van der Waals surface area contributed by atoms with E-state index in [9.17, 15) is 4.79 Å². The molecule has 0 spiro atoms. The highest BCUT2D eigenvalue weighted by molar-refractivity contribution is 6.06. The van der Waals surface area contributed by atoms with Gasteiger partial charge in [-0.25, -0.2) is 0 Å². The third kappa shape index (κ3) is 3.63. The summed E-state index contributed by atoms with van der Waals surface area (Å²) in [6.45, 7) is 2.02. The van der Waals surface area contributed by atoms with Crippen LogP contribution in [0, 0.1) is 6.92 Å². The molecule has 0 atom stereocenters. The molecule has 0 amide bonds. The molecule has 2 aromatic carbocycles. The van der Waals surface area contributed by atoms with Gasteiger partial charge in [-0.05, 0) is 24.1 Å². The molecule has 2 nitrogen and oxygen atoms in total. The Bertz CT molecular complexity index is 578. The summed E-state index contributed by atoms with van der Waals surface area (Å²) in [5, 5.41) is 8.94. The van der Waals surface area contributed by atoms with Crippen LogP contribution < -0.4 is 0 Å². The van der Waals surface area contributed by atoms with Crippen molar-refractivity contribution in [1.29, 1.82) is 0 Å². The van der Waals surface area contributed by atoms with Crippen molar-refractivity contribution in [2.24, 2.45) is 0 Å². The molecule has 19 heavy (non-hydrogen) atoms. The minimum atomic E-state index is -0.0370. The first-order valence-electron chi connectivity index (χ1n) is 6.18. The van der Waals surface area contributed by atoms with Crippen LogP contribution in [-0.2, 0) is 6.61 Å². The second-order valence-corrected chi connectivity index (χ2v) is 4.46. The van der Waals surface area contributed by atoms with Gasteiger partial charge in [0, 0.05) is 5.56 Å². The lowest BCUT2D eigenvalue weighted by Crippen LogP contribution is -1.94. The van der Waals surface area contributed by atoms with Crippen molar-refractivity contribution in [3.8, 4) is 0 Å². The van der Waals surface area contributed by atoms with Gasteiger partial charge in [-0.1, -0.05) is 60.2 Å². The Labute approximate surface area is 113 Å². The molecular formula is C17H16O2. The molecule has 0 saturated heterocycles. The van der Waals surface area contributed by atoms with E-state index in [0.717, 1.165) is 11.1 Å². The molecule has 2 rings (SSSR count). The molecule has 0 unspecified atom stereocenters. The fraction of sp³-hybridized carbons (Fsp3) is 0.118. The molecule has 2 aromatic rings. The summed E-state index contributed by atoms with van der Waals surface area (Å²) in [4.78, 5) is 11.9. The number of allylic oxidation sites excluding steroid dienone is 1. The highest BCUT2D eigenvalue weighted by atomic mass is 16.3. The molecular weight excluding hydrogens is 236 g/mol. The largest absolute Gasteiger partial charge is 0.392 e. The quantitative estimate of drug-likeness (QED) is 0.669. The normalized spacial score (nSPS) is 10.8. The molecule has 0 aliphatic heterocycles. The van der Waals surface area contributed by atoms with Gasteiger partial charge in [0.25, 0.3) is 0 Å². The lowest BCUT2D eigenvalue weighted by molar-refractivity contribution is 0.104. The van der Waals surface area contributed by atoms with Crippen LogP contribution in [0.1, 0.15) is 27.0 Å². The third-order valence-corrected chi connectivity index (χ3v) is 2.93. The molecule has 1 N–H and O–H groups in total. The van der Waals surface area contributed by atoms with Crippen molar-refractivity contribution in [2.45, 2.75) is 13.5 Å². The summed E-state index contributed by atoms with van der Waals surface area (Å²) in [7, 11) is 0. The first kappa shape index (κ1) is 13.2. The molecule has 0 aliphatic rings. The summed E-state index contributed by atoms with van der Waals surface area (Å²) in [5.41, 5.74) is 3.63. The number of ketones is 1. The van der Waals surface area contributed by atoms with Crippen molar-refractivity contribution < 1.29 is 9.90 Å². The van der Waals surface area contributed by atoms with Crippen LogP contribution in [0.2, 0.25) is 0 Å². The van der Waals surface area contributed by atoms with E-state index in [1.165, 1.54) is 5.56 Å². The first-order valence-corrected chi connectivity index (χ1v) is 6.18. The van der Waals surface area contributed by atoms with Crippen LogP contribution in [0.15, 0.2) is 54.6 Å². The third-order valence-electron chi connectivity index (χ3n) is 2.93. The van der Waals surface area contributed by atoms with Crippen LogP contribution in [0.5, 0.6) is 0 Å². The molecule has 2 heteroatoms. The van der Waals surface area contributed by atoms with Gasteiger partial charge in [0.2, 0.25) is 0 Å². The predicted octanol–water partition coefficient (Wildman–Crippen LogP) is 3.38. The summed E-state index contributed by atoms with van der Waals surface area (Å²) < 4.78 is 0. The van der Waals surface area contributed by atoms with Gasteiger partial charge in [0.15, 0.2) is 5.78 Å². The molecule has 0 saturated carbocycles. The van der Waals surface area contributed by atoms with Gasteiger partial charge in [0.1, 0.15) is 0 Å². The molecule has 0 heterocycles. The minimum absolute atomic E-state index is 0.00627. The number of hydrogen-bond acceptors (Lipinski definition) is 2. The Morgan fingerprint density at radius 2 is 1.68 bits per heavy atom. The lowest BCUT2D eigenvalue weighted by atomic mass is 10.1. The SMILES string of the molecule is Cc1ccc(/C=C/C(=O)c2ccc(CO)cc2)cc1. The second kappa shape index (κ2) is 6.12. The highest BCUT2D eigenvalue weighted by Crippen LogP contribution is 2.09. The van der Waals surface area contributed by atoms with E-state index in [1.54, 1.807) is 30.3 Å². The molecule has 0 aromatic heterocycles. The van der Waals surface area contributed by atoms with Crippen LogP contribution in [-0.4, -0.2) is 10.9 Å². The summed E-state index contributed by atoms with van der Waals surface area (Å²) in [5.74, 6) is -0.0370. The van der Waals surface area contributed by atoms with E-state index in [1.807, 2.05) is 37.3 Å². The smallest absolute Gasteiger partial charge is 0.185 e. The van der Waals surface area contributed by atoms with Gasteiger partial charge < -0.3 is 5.11 Å². The Kier molecular flexibility index (Phi) is 4.26. The maximum atomic E-state index is 11.9.